The fourth-order valence-corrected chi connectivity index (χ4v) is 0.912. The Morgan fingerprint density at radius 2 is 1.86 bits per heavy atom. The molecule has 0 saturated carbocycles. The van der Waals surface area contributed by atoms with E-state index in [1.54, 1.807) is 0 Å². The van der Waals surface area contributed by atoms with Crippen LogP contribution in [0.5, 0.6) is 0 Å². The molecule has 1 aromatic heterocycles. The molecule has 1 N–H and O–H groups in total. The lowest BCUT2D eigenvalue weighted by Crippen LogP contribution is -2.11. The second kappa shape index (κ2) is 4.36. The molecule has 1 unspecified atom stereocenters. The van der Waals surface area contributed by atoms with Crippen LogP contribution in [0.1, 0.15) is 24.8 Å². The molecular weight excluding hydrogens is 197 g/mol. The number of alkyl halides is 3. The summed E-state index contributed by atoms with van der Waals surface area (Å²) in [6, 6.07) is 1.53. The van der Waals surface area contributed by atoms with Crippen LogP contribution in [0.4, 0.5) is 13.2 Å². The topological polar surface area (TPSA) is 46.0 Å². The number of rotatable bonds is 3. The molecule has 0 saturated heterocycles. The van der Waals surface area contributed by atoms with Gasteiger partial charge in [0.05, 0.1) is 0 Å². The molecule has 14 heavy (non-hydrogen) atoms. The maximum atomic E-state index is 11.8. The van der Waals surface area contributed by atoms with E-state index in [1.165, 1.54) is 18.5 Å². The standard InChI is InChI=1S/C8H9F3N2O/c9-8(10,11)3-2-6(14)7-12-4-1-5-13-7/h1,4-6,14H,2-3H2. The van der Waals surface area contributed by atoms with E-state index in [9.17, 15) is 18.3 Å². The third-order valence-electron chi connectivity index (χ3n) is 1.59. The van der Waals surface area contributed by atoms with Gasteiger partial charge in [-0.1, -0.05) is 0 Å². The predicted octanol–water partition coefficient (Wildman–Crippen LogP) is 1.85. The molecule has 0 amide bonds. The maximum absolute atomic E-state index is 11.8. The normalized spacial score (nSPS) is 14.0. The Kier molecular flexibility index (Phi) is 3.40. The molecule has 0 bridgehead atoms. The SMILES string of the molecule is OC(CCC(F)(F)F)c1ncccn1. The van der Waals surface area contributed by atoms with Crippen LogP contribution in [0.15, 0.2) is 18.5 Å². The van der Waals surface area contributed by atoms with Gasteiger partial charge < -0.3 is 5.11 Å². The van der Waals surface area contributed by atoms with Gasteiger partial charge in [0.1, 0.15) is 6.10 Å². The van der Waals surface area contributed by atoms with E-state index in [-0.39, 0.29) is 5.82 Å². The van der Waals surface area contributed by atoms with Crippen LogP contribution in [0, 0.1) is 0 Å². The van der Waals surface area contributed by atoms with Crippen molar-refractivity contribution in [1.82, 2.24) is 9.97 Å². The van der Waals surface area contributed by atoms with Gasteiger partial charge in [0.2, 0.25) is 0 Å². The summed E-state index contributed by atoms with van der Waals surface area (Å²) in [4.78, 5) is 7.30. The molecule has 0 radical (unpaired) electrons. The first-order valence-corrected chi connectivity index (χ1v) is 4.01. The Labute approximate surface area is 78.6 Å². The molecule has 3 nitrogen and oxygen atoms in total. The van der Waals surface area contributed by atoms with Crippen molar-refractivity contribution >= 4 is 0 Å². The third-order valence-corrected chi connectivity index (χ3v) is 1.59. The predicted molar refractivity (Wildman–Crippen MR) is 42.3 cm³/mol. The highest BCUT2D eigenvalue weighted by atomic mass is 19.4. The van der Waals surface area contributed by atoms with Crippen LogP contribution in [-0.2, 0) is 0 Å². The fourth-order valence-electron chi connectivity index (χ4n) is 0.912. The molecule has 0 aliphatic rings. The van der Waals surface area contributed by atoms with E-state index in [1.807, 2.05) is 0 Å². The van der Waals surface area contributed by atoms with Gasteiger partial charge in [-0.2, -0.15) is 13.2 Å². The zero-order valence-electron chi connectivity index (χ0n) is 7.20. The Bertz CT molecular complexity index is 276. The minimum atomic E-state index is -4.25. The van der Waals surface area contributed by atoms with Crippen LogP contribution in [-0.4, -0.2) is 21.3 Å². The van der Waals surface area contributed by atoms with Crippen molar-refractivity contribution in [3.8, 4) is 0 Å². The third kappa shape index (κ3) is 3.69. The molecule has 0 fully saturated rings. The van der Waals surface area contributed by atoms with Crippen LogP contribution < -0.4 is 0 Å². The average Bonchev–Trinajstić information content (AvgIpc) is 2.14. The number of nitrogens with zero attached hydrogens (tertiary/aromatic N) is 2. The Morgan fingerprint density at radius 1 is 1.29 bits per heavy atom. The molecule has 0 aliphatic carbocycles. The van der Waals surface area contributed by atoms with E-state index in [4.69, 9.17) is 0 Å². The molecule has 6 heteroatoms. The quantitative estimate of drug-likeness (QED) is 0.820. The molecule has 0 spiro atoms. The number of aliphatic hydroxyl groups is 1. The minimum absolute atomic E-state index is 0.0248. The molecule has 1 rings (SSSR count). The lowest BCUT2D eigenvalue weighted by atomic mass is 10.2. The van der Waals surface area contributed by atoms with Crippen molar-refractivity contribution in [3.05, 3.63) is 24.3 Å². The maximum Gasteiger partial charge on any atom is 0.389 e. The van der Waals surface area contributed by atoms with Crippen molar-refractivity contribution in [1.29, 1.82) is 0 Å². The van der Waals surface area contributed by atoms with Gasteiger partial charge in [0.15, 0.2) is 5.82 Å². The summed E-state index contributed by atoms with van der Waals surface area (Å²) in [6.07, 6.45) is -4.20. The first-order chi connectivity index (χ1) is 6.49. The largest absolute Gasteiger partial charge is 0.389 e. The zero-order chi connectivity index (χ0) is 10.6. The summed E-state index contributed by atoms with van der Waals surface area (Å²) in [5.74, 6) is 0.0248. The lowest BCUT2D eigenvalue weighted by Gasteiger charge is -2.10. The van der Waals surface area contributed by atoms with Gasteiger partial charge in [-0.25, -0.2) is 9.97 Å². The van der Waals surface area contributed by atoms with Crippen LogP contribution in [0.25, 0.3) is 0 Å². The van der Waals surface area contributed by atoms with Crippen molar-refractivity contribution in [2.45, 2.75) is 25.1 Å². The summed E-state index contributed by atoms with van der Waals surface area (Å²) in [5.41, 5.74) is 0. The van der Waals surface area contributed by atoms with E-state index < -0.39 is 25.1 Å². The lowest BCUT2D eigenvalue weighted by molar-refractivity contribution is -0.140. The van der Waals surface area contributed by atoms with E-state index in [0.717, 1.165) is 0 Å². The highest BCUT2D eigenvalue weighted by Gasteiger charge is 2.28. The van der Waals surface area contributed by atoms with E-state index in [0.29, 0.717) is 0 Å². The molecular formula is C8H9F3N2O. The van der Waals surface area contributed by atoms with Crippen molar-refractivity contribution in [3.63, 3.8) is 0 Å². The molecule has 1 aromatic rings. The average molecular weight is 206 g/mol. The number of aromatic nitrogens is 2. The molecule has 1 atom stereocenters. The molecule has 78 valence electrons. The Morgan fingerprint density at radius 3 is 2.36 bits per heavy atom. The zero-order valence-corrected chi connectivity index (χ0v) is 7.20. The summed E-state index contributed by atoms with van der Waals surface area (Å²) in [5, 5.41) is 9.26. The molecule has 0 aliphatic heterocycles. The van der Waals surface area contributed by atoms with E-state index in [2.05, 4.69) is 9.97 Å². The summed E-state index contributed by atoms with van der Waals surface area (Å²) in [6.45, 7) is 0. The first kappa shape index (κ1) is 10.9. The minimum Gasteiger partial charge on any atom is -0.385 e. The van der Waals surface area contributed by atoms with Gasteiger partial charge in [-0.05, 0) is 12.5 Å². The smallest absolute Gasteiger partial charge is 0.385 e. The Hall–Kier alpha value is -1.17. The van der Waals surface area contributed by atoms with Crippen LogP contribution in [0.3, 0.4) is 0 Å². The monoisotopic (exact) mass is 206 g/mol. The summed E-state index contributed by atoms with van der Waals surface area (Å²) in [7, 11) is 0. The molecule has 1 heterocycles. The van der Waals surface area contributed by atoms with Gasteiger partial charge in [-0.15, -0.1) is 0 Å². The number of halogens is 3. The second-order valence-corrected chi connectivity index (χ2v) is 2.78. The highest BCUT2D eigenvalue weighted by molar-refractivity contribution is 4.92. The Balaban J connectivity index is 2.48. The van der Waals surface area contributed by atoms with E-state index >= 15 is 0 Å². The summed E-state index contributed by atoms with van der Waals surface area (Å²) >= 11 is 0. The van der Waals surface area contributed by atoms with Crippen LogP contribution >= 0.6 is 0 Å². The van der Waals surface area contributed by atoms with Crippen molar-refractivity contribution in [2.24, 2.45) is 0 Å². The second-order valence-electron chi connectivity index (χ2n) is 2.78. The van der Waals surface area contributed by atoms with Gasteiger partial charge in [0.25, 0.3) is 0 Å². The van der Waals surface area contributed by atoms with Crippen LogP contribution in [0.2, 0.25) is 0 Å². The van der Waals surface area contributed by atoms with Gasteiger partial charge >= 0.3 is 6.18 Å². The fraction of sp³-hybridized carbons (Fsp3) is 0.500. The first-order valence-electron chi connectivity index (χ1n) is 4.01. The summed E-state index contributed by atoms with van der Waals surface area (Å²) < 4.78 is 35.3. The highest BCUT2D eigenvalue weighted by Crippen LogP contribution is 2.25. The molecule has 0 aromatic carbocycles. The van der Waals surface area contributed by atoms with Crippen molar-refractivity contribution in [2.75, 3.05) is 0 Å². The number of hydrogen-bond acceptors (Lipinski definition) is 3. The van der Waals surface area contributed by atoms with Gasteiger partial charge in [-0.3, -0.25) is 0 Å². The number of hydrogen-bond donors (Lipinski definition) is 1. The van der Waals surface area contributed by atoms with Crippen molar-refractivity contribution < 1.29 is 18.3 Å². The van der Waals surface area contributed by atoms with Gasteiger partial charge in [0, 0.05) is 18.8 Å². The number of aliphatic hydroxyl groups excluding tert-OH is 1.